The number of carbonyl (C=O) groups excluding carboxylic acids is 1. The molecule has 7 nitrogen and oxygen atoms in total. The molecule has 0 unspecified atom stereocenters. The topological polar surface area (TPSA) is 104 Å². The summed E-state index contributed by atoms with van der Waals surface area (Å²) in [4.78, 5) is 23.7. The molecule has 0 bridgehead atoms. The van der Waals surface area contributed by atoms with Crippen molar-refractivity contribution in [2.24, 2.45) is 5.92 Å². The van der Waals surface area contributed by atoms with E-state index in [1.165, 1.54) is 7.11 Å². The van der Waals surface area contributed by atoms with Gasteiger partial charge in [0.2, 0.25) is 0 Å². The number of anilines is 1. The third-order valence-corrected chi connectivity index (χ3v) is 3.23. The predicted octanol–water partition coefficient (Wildman–Crippen LogP) is 2.57. The summed E-state index contributed by atoms with van der Waals surface area (Å²) in [5.41, 5.74) is 0.974. The molecule has 0 spiro atoms. The number of aromatic nitrogens is 2. The number of rotatable bonds is 6. The zero-order valence-corrected chi connectivity index (χ0v) is 13.2. The number of amides is 1. The maximum atomic E-state index is 12.4. The van der Waals surface area contributed by atoms with Crippen molar-refractivity contribution in [3.63, 3.8) is 0 Å². The van der Waals surface area contributed by atoms with Crippen LogP contribution >= 0.6 is 0 Å². The quantitative estimate of drug-likeness (QED) is 0.759. The molecular formula is C16H19N3O4. The lowest BCUT2D eigenvalue weighted by Gasteiger charge is -2.09. The van der Waals surface area contributed by atoms with Crippen LogP contribution in [0.2, 0.25) is 0 Å². The fourth-order valence-electron chi connectivity index (χ4n) is 2.17. The summed E-state index contributed by atoms with van der Waals surface area (Å²) in [6, 6.07) is 6.62. The minimum atomic E-state index is -1.20. The Morgan fingerprint density at radius 1 is 1.39 bits per heavy atom. The standard InChI is InChI=1S/C16H19N3O4/c1-9(2)7-12-13(14(16(21)22)19-18-12)17-15(20)10-5-4-6-11(8-10)23-3/h4-6,8-9H,7H2,1-3H3,(H,17,20)(H,18,19)(H,21,22). The van der Waals surface area contributed by atoms with E-state index in [-0.39, 0.29) is 17.3 Å². The van der Waals surface area contributed by atoms with Crippen molar-refractivity contribution in [1.82, 2.24) is 10.2 Å². The van der Waals surface area contributed by atoms with E-state index in [4.69, 9.17) is 4.74 Å². The van der Waals surface area contributed by atoms with Crippen molar-refractivity contribution >= 4 is 17.6 Å². The first-order valence-electron chi connectivity index (χ1n) is 7.18. The molecule has 0 saturated heterocycles. The number of carboxylic acid groups (broad SMARTS) is 1. The molecule has 122 valence electrons. The minimum Gasteiger partial charge on any atom is -0.497 e. The molecule has 0 radical (unpaired) electrons. The Balaban J connectivity index is 2.31. The number of nitrogens with zero attached hydrogens (tertiary/aromatic N) is 1. The second-order valence-corrected chi connectivity index (χ2v) is 5.51. The van der Waals surface area contributed by atoms with Crippen molar-refractivity contribution in [1.29, 1.82) is 0 Å². The van der Waals surface area contributed by atoms with Gasteiger partial charge in [0.15, 0.2) is 5.69 Å². The van der Waals surface area contributed by atoms with Gasteiger partial charge in [0, 0.05) is 5.56 Å². The third-order valence-electron chi connectivity index (χ3n) is 3.23. The summed E-state index contributed by atoms with van der Waals surface area (Å²) < 4.78 is 5.09. The fraction of sp³-hybridized carbons (Fsp3) is 0.312. The van der Waals surface area contributed by atoms with Crippen molar-refractivity contribution in [3.8, 4) is 5.75 Å². The van der Waals surface area contributed by atoms with Crippen LogP contribution in [0.5, 0.6) is 5.75 Å². The largest absolute Gasteiger partial charge is 0.497 e. The number of benzene rings is 1. The number of carboxylic acids is 1. The number of H-pyrrole nitrogens is 1. The highest BCUT2D eigenvalue weighted by Gasteiger charge is 2.22. The van der Waals surface area contributed by atoms with Gasteiger partial charge in [-0.15, -0.1) is 0 Å². The van der Waals surface area contributed by atoms with Gasteiger partial charge in [-0.3, -0.25) is 9.89 Å². The van der Waals surface area contributed by atoms with E-state index in [1.807, 2.05) is 13.8 Å². The molecule has 0 saturated carbocycles. The molecule has 7 heteroatoms. The van der Waals surface area contributed by atoms with E-state index in [9.17, 15) is 14.7 Å². The van der Waals surface area contributed by atoms with E-state index < -0.39 is 11.9 Å². The Bertz CT molecular complexity index is 722. The van der Waals surface area contributed by atoms with Gasteiger partial charge in [0.05, 0.1) is 18.5 Å². The van der Waals surface area contributed by atoms with E-state index in [0.29, 0.717) is 23.4 Å². The molecule has 23 heavy (non-hydrogen) atoms. The number of carbonyl (C=O) groups is 2. The van der Waals surface area contributed by atoms with Gasteiger partial charge >= 0.3 is 5.97 Å². The molecule has 0 aliphatic rings. The van der Waals surface area contributed by atoms with Crippen molar-refractivity contribution in [2.45, 2.75) is 20.3 Å². The molecule has 0 aliphatic carbocycles. The van der Waals surface area contributed by atoms with E-state index >= 15 is 0 Å². The summed E-state index contributed by atoms with van der Waals surface area (Å²) in [6.07, 6.45) is 0.577. The first kappa shape index (κ1) is 16.5. The summed E-state index contributed by atoms with van der Waals surface area (Å²) >= 11 is 0. The van der Waals surface area contributed by atoms with Gasteiger partial charge in [-0.05, 0) is 30.5 Å². The van der Waals surface area contributed by atoms with Gasteiger partial charge in [-0.25, -0.2) is 4.79 Å². The van der Waals surface area contributed by atoms with Gasteiger partial charge in [0.25, 0.3) is 5.91 Å². The van der Waals surface area contributed by atoms with E-state index in [2.05, 4.69) is 15.5 Å². The summed E-state index contributed by atoms with van der Waals surface area (Å²) in [5.74, 6) is -0.787. The monoisotopic (exact) mass is 317 g/mol. The normalized spacial score (nSPS) is 10.6. The maximum Gasteiger partial charge on any atom is 0.358 e. The number of hydrogen-bond acceptors (Lipinski definition) is 4. The Morgan fingerprint density at radius 2 is 2.13 bits per heavy atom. The molecule has 0 atom stereocenters. The van der Waals surface area contributed by atoms with Crippen LogP contribution in [0.3, 0.4) is 0 Å². The zero-order chi connectivity index (χ0) is 17.0. The molecule has 1 heterocycles. The van der Waals surface area contributed by atoms with Crippen LogP contribution in [0.1, 0.15) is 40.4 Å². The zero-order valence-electron chi connectivity index (χ0n) is 13.2. The predicted molar refractivity (Wildman–Crippen MR) is 85.0 cm³/mol. The van der Waals surface area contributed by atoms with Crippen LogP contribution in [0, 0.1) is 5.92 Å². The van der Waals surface area contributed by atoms with E-state index in [1.54, 1.807) is 24.3 Å². The number of methoxy groups -OCH3 is 1. The SMILES string of the molecule is COc1cccc(C(=O)Nc2c(C(=O)O)n[nH]c2CC(C)C)c1. The lowest BCUT2D eigenvalue weighted by atomic mass is 10.1. The van der Waals surface area contributed by atoms with Crippen LogP contribution < -0.4 is 10.1 Å². The molecule has 1 aromatic heterocycles. The number of aromatic amines is 1. The molecule has 0 aliphatic heterocycles. The van der Waals surface area contributed by atoms with Crippen molar-refractivity contribution < 1.29 is 19.4 Å². The number of nitrogens with one attached hydrogen (secondary N) is 2. The number of aromatic carboxylic acids is 1. The van der Waals surface area contributed by atoms with Crippen LogP contribution in [-0.2, 0) is 6.42 Å². The first-order chi connectivity index (χ1) is 10.9. The first-order valence-corrected chi connectivity index (χ1v) is 7.18. The Hall–Kier alpha value is -2.83. The van der Waals surface area contributed by atoms with Crippen LogP contribution in [0.15, 0.2) is 24.3 Å². The average molecular weight is 317 g/mol. The molecule has 3 N–H and O–H groups in total. The Morgan fingerprint density at radius 3 is 2.74 bits per heavy atom. The molecule has 2 rings (SSSR count). The van der Waals surface area contributed by atoms with Crippen molar-refractivity contribution in [3.05, 3.63) is 41.2 Å². The number of ether oxygens (including phenoxy) is 1. The fourth-order valence-corrected chi connectivity index (χ4v) is 2.17. The smallest absolute Gasteiger partial charge is 0.358 e. The molecule has 0 fully saturated rings. The van der Waals surface area contributed by atoms with Gasteiger partial charge in [-0.1, -0.05) is 19.9 Å². The number of hydrogen-bond donors (Lipinski definition) is 3. The van der Waals surface area contributed by atoms with Gasteiger partial charge < -0.3 is 15.2 Å². The summed E-state index contributed by atoms with van der Waals surface area (Å²) in [7, 11) is 1.51. The van der Waals surface area contributed by atoms with Gasteiger partial charge in [0.1, 0.15) is 5.75 Å². The minimum absolute atomic E-state index is 0.197. The van der Waals surface area contributed by atoms with Gasteiger partial charge in [-0.2, -0.15) is 5.10 Å². The van der Waals surface area contributed by atoms with Crippen LogP contribution in [-0.4, -0.2) is 34.3 Å². The second-order valence-electron chi connectivity index (χ2n) is 5.51. The van der Waals surface area contributed by atoms with Crippen molar-refractivity contribution in [2.75, 3.05) is 12.4 Å². The van der Waals surface area contributed by atoms with Crippen LogP contribution in [0.4, 0.5) is 5.69 Å². The highest BCUT2D eigenvalue weighted by molar-refractivity contribution is 6.07. The Kier molecular flexibility index (Phi) is 5.00. The lowest BCUT2D eigenvalue weighted by Crippen LogP contribution is -2.15. The molecule has 2 aromatic rings. The maximum absolute atomic E-state index is 12.4. The van der Waals surface area contributed by atoms with Crippen LogP contribution in [0.25, 0.3) is 0 Å². The summed E-state index contributed by atoms with van der Waals surface area (Å²) in [5, 5.41) is 18.4. The summed E-state index contributed by atoms with van der Waals surface area (Å²) in [6.45, 7) is 3.99. The molecule has 1 amide bonds. The highest BCUT2D eigenvalue weighted by Crippen LogP contribution is 2.23. The second kappa shape index (κ2) is 6.95. The molecule has 1 aromatic carbocycles. The average Bonchev–Trinajstić information content (AvgIpc) is 2.89. The molecular weight excluding hydrogens is 298 g/mol. The lowest BCUT2D eigenvalue weighted by molar-refractivity contribution is 0.0691. The third kappa shape index (κ3) is 3.88. The highest BCUT2D eigenvalue weighted by atomic mass is 16.5. The Labute approximate surface area is 133 Å². The van der Waals surface area contributed by atoms with E-state index in [0.717, 1.165) is 0 Å².